The van der Waals surface area contributed by atoms with Crippen molar-refractivity contribution in [3.05, 3.63) is 168 Å². The third kappa shape index (κ3) is 31.0. The number of hydrogen-bond donors (Lipinski definition) is 24. The van der Waals surface area contributed by atoms with E-state index in [1.165, 1.54) is 6.92 Å². The summed E-state index contributed by atoms with van der Waals surface area (Å²) in [6, 6.07) is 13.9. The Kier molecular flexibility index (Phi) is 37.9. The first-order chi connectivity index (χ1) is 60.7. The van der Waals surface area contributed by atoms with Crippen molar-refractivity contribution < 1.29 is 102 Å². The lowest BCUT2D eigenvalue weighted by atomic mass is 9.95. The van der Waals surface area contributed by atoms with Gasteiger partial charge in [-0.2, -0.15) is 0 Å². The SMILES string of the molecule is CC[C@H](C)[C@@H]1NC(=O)[C@H](CO)NC(=O)[C@H](CC(=O)O)NC(=O)[C@H](Cc2ccccc2)NC(=O)[C@@H]2CSSC[C@H](NC(=O)[C@H](Cc3ccccc3)NC(=O)[C@H](CC(=O)O)NC1=O)C(=O)N[C@H](c1cccc3ccccc13)CC(=O)N[C@@H](CCCNC(=N)N)C(=O)NC(=O)[C@H](CC(=O)O)NC(=O)N[C@@H](CCCNC(=N)N)C(=O)N[C@H](c1cccc3ccccc13)CC(=O)N2. The molecule has 678 valence electrons. The highest BCUT2D eigenvalue weighted by molar-refractivity contribution is 8.76. The van der Waals surface area contributed by atoms with E-state index in [1.54, 1.807) is 153 Å². The minimum absolute atomic E-state index is 0.0451. The molecule has 14 atom stereocenters. The second kappa shape index (κ2) is 48.9. The van der Waals surface area contributed by atoms with E-state index in [9.17, 15) is 68.4 Å². The van der Waals surface area contributed by atoms with E-state index in [0.717, 1.165) is 21.6 Å². The molecule has 0 unspecified atom stereocenters. The van der Waals surface area contributed by atoms with Gasteiger partial charge >= 0.3 is 23.9 Å². The normalized spacial score (nSPS) is 23.5. The van der Waals surface area contributed by atoms with Crippen molar-refractivity contribution in [2.45, 2.75) is 169 Å². The molecule has 127 heavy (non-hydrogen) atoms. The van der Waals surface area contributed by atoms with Crippen LogP contribution in [0.15, 0.2) is 146 Å². The third-order valence-corrected chi connectivity index (χ3v) is 23.0. The number of carboxylic acids is 3. The standard InChI is InChI=1S/C84H104N20O21S2/c1-3-44(2)70-81(124)98-60(39-68(110)111)75(118)95-58(35-46-20-8-5-9-21-46)74(117)100-64-43-127-126-42-63(79(122)96-57(34-45-18-6-4-7-19-45)73(116)97-59(38-67(108)109)76(119)99-62(41-105)78(121)103-70)92-66(107)37-55(51-28-14-24-47-22-10-12-26-49(47)51)93-71(114)54(31-17-33-90-83(87)88)101-84(125)102-61(40-69(112)113)77(120)104-72(115)53(30-16-32-89-82(85)86)91-65(106)36-56(94-80(64)123)52-29-15-25-48-23-11-13-27-50(48)52/h4-15,18-29,44,53-64,70,105H,3,16-17,30-43H2,1-2H3,(H,91,106)(H,92,107)(H,93,114)(H,94,123)(H,95,118)(H,96,122)(H,97,116)(H,98,124)(H,99,119)(H,100,117)(H,103,121)(H,108,109)(H,110,111)(H,112,113)(H4,85,86,89)(H4,87,88,90)(H2,101,102,125)(H,104,115,120)/t44-,53-,54-,55-,56-,57-,58-,59-,60-,61-,62-,63-,64-,70-/m0/s1. The summed E-state index contributed by atoms with van der Waals surface area (Å²) >= 11 is 0. The Morgan fingerprint density at radius 1 is 0.402 bits per heavy atom. The molecular weight excluding hydrogens is 1690 g/mol. The summed E-state index contributed by atoms with van der Waals surface area (Å²) in [5.74, 6) is -23.6. The van der Waals surface area contributed by atoms with Crippen LogP contribution in [-0.4, -0.2) is 231 Å². The van der Waals surface area contributed by atoms with Gasteiger partial charge in [-0.1, -0.05) is 187 Å². The molecular formula is C84H104N20O21S2. The summed E-state index contributed by atoms with van der Waals surface area (Å²) in [5, 5.41) is 99.0. The van der Waals surface area contributed by atoms with Crippen LogP contribution in [0.4, 0.5) is 4.79 Å². The number of aliphatic carboxylic acids is 3. The fourth-order valence-electron chi connectivity index (χ4n) is 13.9. The zero-order valence-corrected chi connectivity index (χ0v) is 70.8. The van der Waals surface area contributed by atoms with Gasteiger partial charge in [0.2, 0.25) is 76.8 Å². The topological polar surface area (TPSA) is 663 Å². The van der Waals surface area contributed by atoms with Gasteiger partial charge in [-0.05, 0) is 75.4 Å². The van der Waals surface area contributed by atoms with Crippen molar-refractivity contribution in [1.29, 1.82) is 10.8 Å². The quantitative estimate of drug-likeness (QED) is 0.0117. The molecule has 26 N–H and O–H groups in total. The van der Waals surface area contributed by atoms with Crippen molar-refractivity contribution in [3.8, 4) is 0 Å². The molecule has 2 aliphatic rings. The minimum Gasteiger partial charge on any atom is -0.481 e. The van der Waals surface area contributed by atoms with Crippen molar-refractivity contribution in [3.63, 3.8) is 0 Å². The number of imide groups is 1. The van der Waals surface area contributed by atoms with Crippen LogP contribution in [-0.2, 0) is 89.6 Å². The van der Waals surface area contributed by atoms with E-state index in [2.05, 4.69) is 85.1 Å². The molecule has 0 radical (unpaired) electrons. The molecule has 2 bridgehead atoms. The fourth-order valence-corrected chi connectivity index (χ4v) is 16.2. The molecule has 2 saturated heterocycles. The van der Waals surface area contributed by atoms with Gasteiger partial charge < -0.3 is 112 Å². The van der Waals surface area contributed by atoms with Gasteiger partial charge in [0.25, 0.3) is 0 Å². The minimum atomic E-state index is -2.14. The largest absolute Gasteiger partial charge is 0.481 e. The highest BCUT2D eigenvalue weighted by Gasteiger charge is 2.40. The number of fused-ring (bicyclic) bond motifs is 7. The zero-order chi connectivity index (χ0) is 92.4. The van der Waals surface area contributed by atoms with Crippen LogP contribution < -0.4 is 96.5 Å². The van der Waals surface area contributed by atoms with Gasteiger partial charge in [0.05, 0.1) is 50.8 Å². The number of nitrogens with two attached hydrogens (primary N) is 2. The number of hydrogen-bond acceptors (Lipinski definition) is 22. The van der Waals surface area contributed by atoms with Gasteiger partial charge in [-0.15, -0.1) is 0 Å². The summed E-state index contributed by atoms with van der Waals surface area (Å²) < 4.78 is 0. The summed E-state index contributed by atoms with van der Waals surface area (Å²) in [7, 11) is 1.56. The molecule has 15 amide bonds. The molecule has 8 rings (SSSR count). The van der Waals surface area contributed by atoms with E-state index >= 15 is 33.6 Å². The first-order valence-corrected chi connectivity index (χ1v) is 43.1. The van der Waals surface area contributed by atoms with Crippen molar-refractivity contribution in [2.24, 2.45) is 17.4 Å². The summed E-state index contributed by atoms with van der Waals surface area (Å²) in [5.41, 5.74) is 12.4. The Labute approximate surface area is 735 Å². The number of amides is 15. The summed E-state index contributed by atoms with van der Waals surface area (Å²) in [4.78, 5) is 248. The number of rotatable bonds is 23. The van der Waals surface area contributed by atoms with Crippen LogP contribution in [0.25, 0.3) is 21.5 Å². The van der Waals surface area contributed by atoms with E-state index in [-0.39, 0.29) is 56.3 Å². The van der Waals surface area contributed by atoms with Crippen LogP contribution in [0.2, 0.25) is 0 Å². The molecule has 2 heterocycles. The number of nitrogens with one attached hydrogen (secondary N) is 18. The number of carbonyl (C=O) groups excluding carboxylic acids is 14. The van der Waals surface area contributed by atoms with Gasteiger partial charge in [0, 0.05) is 37.4 Å². The van der Waals surface area contributed by atoms with Gasteiger partial charge in [0.1, 0.15) is 66.5 Å². The molecule has 0 aromatic heterocycles. The van der Waals surface area contributed by atoms with E-state index in [0.29, 0.717) is 32.7 Å². The zero-order valence-electron chi connectivity index (χ0n) is 69.2. The summed E-state index contributed by atoms with van der Waals surface area (Å²) in [6.07, 6.45) is -6.68. The van der Waals surface area contributed by atoms with Crippen molar-refractivity contribution in [2.75, 3.05) is 31.2 Å². The molecule has 0 aliphatic carbocycles. The fraction of sp³-hybridized carbons (Fsp3) is 0.393. The van der Waals surface area contributed by atoms with Gasteiger partial charge in [-0.25, -0.2) is 4.79 Å². The predicted octanol–water partition coefficient (Wildman–Crippen LogP) is -1.29. The molecule has 43 heteroatoms. The van der Waals surface area contributed by atoms with E-state index in [4.69, 9.17) is 22.3 Å². The Morgan fingerprint density at radius 2 is 0.756 bits per heavy atom. The first kappa shape index (κ1) is 98.5. The van der Waals surface area contributed by atoms with Gasteiger partial charge in [0.15, 0.2) is 11.9 Å². The van der Waals surface area contributed by atoms with E-state index in [1.807, 2.05) is 0 Å². The van der Waals surface area contributed by atoms with Crippen molar-refractivity contribution in [1.82, 2.24) is 85.1 Å². The number of urea groups is 1. The van der Waals surface area contributed by atoms with Crippen LogP contribution in [0.5, 0.6) is 0 Å². The highest BCUT2D eigenvalue weighted by atomic mass is 33.1. The number of guanidine groups is 2. The number of carboxylic acid groups (broad SMARTS) is 3. The maximum atomic E-state index is 15.9. The van der Waals surface area contributed by atoms with Crippen LogP contribution >= 0.6 is 21.6 Å². The van der Waals surface area contributed by atoms with Gasteiger partial charge in [-0.3, -0.25) is 92.8 Å². The Morgan fingerprint density at radius 3 is 1.24 bits per heavy atom. The van der Waals surface area contributed by atoms with E-state index < -0.39 is 260 Å². The second-order valence-electron chi connectivity index (χ2n) is 30.1. The first-order valence-electron chi connectivity index (χ1n) is 40.6. The molecule has 0 saturated carbocycles. The van der Waals surface area contributed by atoms with Crippen LogP contribution in [0.3, 0.4) is 0 Å². The summed E-state index contributed by atoms with van der Waals surface area (Å²) in [6.45, 7) is 1.65. The Hall–Kier alpha value is -14.0. The number of aliphatic hydroxyl groups is 1. The molecule has 0 spiro atoms. The maximum absolute atomic E-state index is 15.9. The number of aliphatic hydroxyl groups excluding tert-OH is 1. The average molecular weight is 1790 g/mol. The lowest BCUT2D eigenvalue weighted by Gasteiger charge is -2.29. The lowest BCUT2D eigenvalue weighted by Crippen LogP contribution is -2.62. The van der Waals surface area contributed by atoms with Crippen LogP contribution in [0.1, 0.15) is 112 Å². The molecule has 6 aromatic rings. The highest BCUT2D eigenvalue weighted by Crippen LogP contribution is 2.31. The van der Waals surface area contributed by atoms with Crippen LogP contribution in [0, 0.1) is 16.7 Å². The number of benzene rings is 6. The smallest absolute Gasteiger partial charge is 0.316 e. The maximum Gasteiger partial charge on any atom is 0.316 e. The number of carbonyl (C=O) groups is 17. The molecule has 41 nitrogen and oxygen atoms in total. The van der Waals surface area contributed by atoms with Crippen molar-refractivity contribution >= 4 is 156 Å². The molecule has 2 aliphatic heterocycles. The monoisotopic (exact) mass is 1790 g/mol. The second-order valence-corrected chi connectivity index (χ2v) is 32.7. The molecule has 2 fully saturated rings. The predicted molar refractivity (Wildman–Crippen MR) is 465 cm³/mol. The third-order valence-electron chi connectivity index (χ3n) is 20.6. The Bertz CT molecular complexity index is 5010. The lowest BCUT2D eigenvalue weighted by molar-refractivity contribution is -0.142. The average Bonchev–Trinajstić information content (AvgIpc) is 0.812. The molecule has 6 aromatic carbocycles. The Balaban J connectivity index is 1.34.